The highest BCUT2D eigenvalue weighted by atomic mass is 19.4. The van der Waals surface area contributed by atoms with Gasteiger partial charge in [0.25, 0.3) is 0 Å². The van der Waals surface area contributed by atoms with Crippen molar-refractivity contribution >= 4 is 28.7 Å². The highest BCUT2D eigenvalue weighted by Gasteiger charge is 2.41. The standard InChI is InChI=1S/C17H16F4N4O4/c1-2-24-7-10(15(27)28)12(26)9-5-11(18)14(23-13(9)24)25-4-3-8(6-25)22-16(29)17(19,20)21/h5,7-8H,2-4,6H2,1H3,(H,22,29)(H,27,28). The largest absolute Gasteiger partial charge is 0.477 e. The first kappa shape index (κ1) is 20.6. The van der Waals surface area contributed by atoms with Gasteiger partial charge < -0.3 is 19.9 Å². The number of amides is 1. The van der Waals surface area contributed by atoms with E-state index in [1.807, 2.05) is 5.32 Å². The van der Waals surface area contributed by atoms with Crippen molar-refractivity contribution in [3.8, 4) is 0 Å². The number of halogens is 4. The van der Waals surface area contributed by atoms with Crippen LogP contribution in [0.1, 0.15) is 23.7 Å². The average Bonchev–Trinajstić information content (AvgIpc) is 3.09. The number of anilines is 1. The Bertz CT molecular complexity index is 1050. The van der Waals surface area contributed by atoms with Crippen LogP contribution >= 0.6 is 0 Å². The lowest BCUT2D eigenvalue weighted by Gasteiger charge is -2.20. The molecule has 0 aromatic carbocycles. The Kier molecular flexibility index (Phi) is 5.20. The molecule has 0 spiro atoms. The molecule has 1 amide bonds. The summed E-state index contributed by atoms with van der Waals surface area (Å²) in [7, 11) is 0. The second-order valence-electron chi connectivity index (χ2n) is 6.53. The lowest BCUT2D eigenvalue weighted by atomic mass is 10.2. The minimum absolute atomic E-state index is 0.0571. The zero-order valence-corrected chi connectivity index (χ0v) is 15.1. The first-order chi connectivity index (χ1) is 13.5. The normalized spacial score (nSPS) is 17.0. The SMILES string of the molecule is CCn1cc(C(=O)O)c(=O)c2cc(F)c(N3CCC(NC(=O)C(F)(F)F)C3)nc21. The molecule has 0 saturated carbocycles. The molecule has 1 saturated heterocycles. The Labute approximate surface area is 160 Å². The van der Waals surface area contributed by atoms with E-state index in [1.165, 1.54) is 9.47 Å². The van der Waals surface area contributed by atoms with Gasteiger partial charge in [0.1, 0.15) is 11.2 Å². The van der Waals surface area contributed by atoms with Gasteiger partial charge >= 0.3 is 18.1 Å². The first-order valence-corrected chi connectivity index (χ1v) is 8.62. The summed E-state index contributed by atoms with van der Waals surface area (Å²) < 4.78 is 53.2. The fourth-order valence-electron chi connectivity index (χ4n) is 3.23. The van der Waals surface area contributed by atoms with Crippen molar-refractivity contribution in [1.29, 1.82) is 0 Å². The average molecular weight is 416 g/mol. The summed E-state index contributed by atoms with van der Waals surface area (Å²) >= 11 is 0. The zero-order chi connectivity index (χ0) is 21.5. The Balaban J connectivity index is 1.96. The fraction of sp³-hybridized carbons (Fsp3) is 0.412. The van der Waals surface area contributed by atoms with E-state index >= 15 is 0 Å². The van der Waals surface area contributed by atoms with Crippen LogP contribution in [0.2, 0.25) is 0 Å². The Hall–Kier alpha value is -3.18. The number of carbonyl (C=O) groups excluding carboxylic acids is 1. The van der Waals surface area contributed by atoms with Gasteiger partial charge in [-0.3, -0.25) is 9.59 Å². The molecule has 29 heavy (non-hydrogen) atoms. The lowest BCUT2D eigenvalue weighted by molar-refractivity contribution is -0.174. The highest BCUT2D eigenvalue weighted by Crippen LogP contribution is 2.25. The van der Waals surface area contributed by atoms with E-state index in [0.29, 0.717) is 0 Å². The fourth-order valence-corrected chi connectivity index (χ4v) is 3.23. The molecule has 1 unspecified atom stereocenters. The van der Waals surface area contributed by atoms with Gasteiger partial charge in [0.2, 0.25) is 5.43 Å². The second kappa shape index (κ2) is 7.33. The summed E-state index contributed by atoms with van der Waals surface area (Å²) in [6.07, 6.45) is -3.75. The lowest BCUT2D eigenvalue weighted by Crippen LogP contribution is -2.44. The third-order valence-corrected chi connectivity index (χ3v) is 4.64. The summed E-state index contributed by atoms with van der Waals surface area (Å²) in [4.78, 5) is 40.1. The van der Waals surface area contributed by atoms with Crippen LogP contribution in [0.3, 0.4) is 0 Å². The molecule has 8 nitrogen and oxygen atoms in total. The molecule has 156 valence electrons. The number of nitrogens with zero attached hydrogens (tertiary/aromatic N) is 3. The van der Waals surface area contributed by atoms with E-state index in [1.54, 1.807) is 6.92 Å². The number of carboxylic acid groups (broad SMARTS) is 1. The van der Waals surface area contributed by atoms with E-state index < -0.39 is 40.9 Å². The first-order valence-electron chi connectivity index (χ1n) is 8.62. The van der Waals surface area contributed by atoms with Gasteiger partial charge in [-0.2, -0.15) is 13.2 Å². The van der Waals surface area contributed by atoms with E-state index in [2.05, 4.69) is 4.98 Å². The second-order valence-corrected chi connectivity index (χ2v) is 6.53. The van der Waals surface area contributed by atoms with E-state index in [4.69, 9.17) is 5.11 Å². The predicted octanol–water partition coefficient (Wildman–Crippen LogP) is 1.51. The number of pyridine rings is 2. The monoisotopic (exact) mass is 416 g/mol. The minimum atomic E-state index is -5.01. The van der Waals surface area contributed by atoms with Gasteiger partial charge in [-0.1, -0.05) is 0 Å². The third-order valence-electron chi connectivity index (χ3n) is 4.64. The molecule has 0 bridgehead atoms. The van der Waals surface area contributed by atoms with E-state index in [-0.39, 0.29) is 42.9 Å². The maximum atomic E-state index is 14.6. The summed E-state index contributed by atoms with van der Waals surface area (Å²) in [6, 6.07) is 0.0315. The van der Waals surface area contributed by atoms with Crippen molar-refractivity contribution in [3.05, 3.63) is 33.9 Å². The van der Waals surface area contributed by atoms with Crippen molar-refractivity contribution in [2.75, 3.05) is 18.0 Å². The number of rotatable bonds is 4. The number of aryl methyl sites for hydroxylation is 1. The molecule has 2 aromatic heterocycles. The molecule has 2 N–H and O–H groups in total. The Morgan fingerprint density at radius 2 is 2.07 bits per heavy atom. The van der Waals surface area contributed by atoms with Crippen molar-refractivity contribution in [1.82, 2.24) is 14.9 Å². The van der Waals surface area contributed by atoms with Crippen LogP contribution in [0.25, 0.3) is 11.0 Å². The number of carboxylic acids is 1. The van der Waals surface area contributed by atoms with Gasteiger partial charge in [-0.05, 0) is 19.4 Å². The number of hydrogen-bond donors (Lipinski definition) is 2. The molecule has 1 aliphatic heterocycles. The van der Waals surface area contributed by atoms with Gasteiger partial charge in [0.15, 0.2) is 11.6 Å². The number of aromatic nitrogens is 2. The van der Waals surface area contributed by atoms with Crippen LogP contribution in [0.4, 0.5) is 23.4 Å². The van der Waals surface area contributed by atoms with E-state index in [9.17, 15) is 31.9 Å². The maximum Gasteiger partial charge on any atom is 0.471 e. The predicted molar refractivity (Wildman–Crippen MR) is 93.4 cm³/mol. The highest BCUT2D eigenvalue weighted by molar-refractivity contribution is 5.92. The molecule has 1 atom stereocenters. The number of hydrogen-bond acceptors (Lipinski definition) is 5. The molecule has 3 heterocycles. The zero-order valence-electron chi connectivity index (χ0n) is 15.1. The molecule has 2 aromatic rings. The summed E-state index contributed by atoms with van der Waals surface area (Å²) in [6.45, 7) is 1.97. The van der Waals surface area contributed by atoms with Crippen LogP contribution in [0.15, 0.2) is 17.1 Å². The van der Waals surface area contributed by atoms with Gasteiger partial charge in [0.05, 0.1) is 5.39 Å². The molecule has 3 rings (SSSR count). The van der Waals surface area contributed by atoms with Gasteiger partial charge in [-0.15, -0.1) is 0 Å². The quantitative estimate of drug-likeness (QED) is 0.733. The van der Waals surface area contributed by atoms with Gasteiger partial charge in [0, 0.05) is 31.9 Å². The topological polar surface area (TPSA) is 105 Å². The van der Waals surface area contributed by atoms with Crippen LogP contribution in [0.5, 0.6) is 0 Å². The Morgan fingerprint density at radius 3 is 2.66 bits per heavy atom. The van der Waals surface area contributed by atoms with Gasteiger partial charge in [-0.25, -0.2) is 14.2 Å². The third kappa shape index (κ3) is 3.87. The van der Waals surface area contributed by atoms with Crippen LogP contribution in [0, 0.1) is 5.82 Å². The van der Waals surface area contributed by atoms with Crippen LogP contribution in [-0.4, -0.2) is 51.8 Å². The molecular weight excluding hydrogens is 400 g/mol. The Morgan fingerprint density at radius 1 is 1.38 bits per heavy atom. The van der Waals surface area contributed by atoms with Crippen molar-refractivity contribution in [3.63, 3.8) is 0 Å². The minimum Gasteiger partial charge on any atom is -0.477 e. The number of nitrogens with one attached hydrogen (secondary N) is 1. The smallest absolute Gasteiger partial charge is 0.471 e. The number of fused-ring (bicyclic) bond motifs is 1. The number of carbonyl (C=O) groups is 2. The molecule has 0 aliphatic carbocycles. The van der Waals surface area contributed by atoms with Crippen molar-refractivity contribution < 1.29 is 32.3 Å². The maximum absolute atomic E-state index is 14.6. The molecule has 12 heteroatoms. The molecule has 1 fully saturated rings. The van der Waals surface area contributed by atoms with Crippen molar-refractivity contribution in [2.24, 2.45) is 0 Å². The van der Waals surface area contributed by atoms with E-state index in [0.717, 1.165) is 12.3 Å². The molecular formula is C17H16F4N4O4. The van der Waals surface area contributed by atoms with Crippen LogP contribution in [-0.2, 0) is 11.3 Å². The summed E-state index contributed by atoms with van der Waals surface area (Å²) in [5, 5.41) is 10.8. The van der Waals surface area contributed by atoms with Crippen molar-refractivity contribution in [2.45, 2.75) is 32.1 Å². The number of alkyl halides is 3. The molecule has 0 radical (unpaired) electrons. The molecule has 1 aliphatic rings. The van der Waals surface area contributed by atoms with Crippen LogP contribution < -0.4 is 15.6 Å². The summed E-state index contributed by atoms with van der Waals surface area (Å²) in [5.41, 5.74) is -1.35. The summed E-state index contributed by atoms with van der Waals surface area (Å²) in [5.74, 6) is -4.63. The number of aromatic carboxylic acids is 1.